The molecular formula is C15H16INO2. The molecule has 3 nitrogen and oxygen atoms in total. The third-order valence-corrected chi connectivity index (χ3v) is 4.10. The minimum atomic E-state index is 0.273. The van der Waals surface area contributed by atoms with Crippen molar-refractivity contribution < 1.29 is 9.84 Å². The summed E-state index contributed by atoms with van der Waals surface area (Å²) in [4.78, 5) is 0. The smallest absolute Gasteiger partial charge is 0.120 e. The molecule has 0 saturated heterocycles. The van der Waals surface area contributed by atoms with E-state index in [9.17, 15) is 5.11 Å². The predicted molar refractivity (Wildman–Crippen MR) is 85.9 cm³/mol. The van der Waals surface area contributed by atoms with Crippen LogP contribution in [0.15, 0.2) is 36.4 Å². The predicted octanol–water partition coefficient (Wildman–Crippen LogP) is 3.93. The third kappa shape index (κ3) is 3.53. The van der Waals surface area contributed by atoms with Crippen molar-refractivity contribution in [1.82, 2.24) is 0 Å². The summed E-state index contributed by atoms with van der Waals surface area (Å²) in [7, 11) is 1.62. The maximum Gasteiger partial charge on any atom is 0.120 e. The molecule has 2 aromatic carbocycles. The van der Waals surface area contributed by atoms with Crippen molar-refractivity contribution >= 4 is 28.3 Å². The minimum Gasteiger partial charge on any atom is -0.508 e. The lowest BCUT2D eigenvalue weighted by Crippen LogP contribution is -2.00. The summed E-state index contributed by atoms with van der Waals surface area (Å²) in [6, 6.07) is 11.4. The molecule has 0 bridgehead atoms. The van der Waals surface area contributed by atoms with Gasteiger partial charge >= 0.3 is 0 Å². The molecule has 0 aliphatic rings. The number of halogens is 1. The molecular weight excluding hydrogens is 353 g/mol. The van der Waals surface area contributed by atoms with Gasteiger partial charge in [-0.05, 0) is 65.4 Å². The number of phenols is 1. The van der Waals surface area contributed by atoms with Crippen molar-refractivity contribution in [2.75, 3.05) is 12.4 Å². The number of nitrogens with one attached hydrogen (secondary N) is 1. The first-order valence-electron chi connectivity index (χ1n) is 5.96. The molecule has 0 aliphatic carbocycles. The molecule has 0 atom stereocenters. The van der Waals surface area contributed by atoms with Crippen LogP contribution in [-0.2, 0) is 6.54 Å². The second-order valence-corrected chi connectivity index (χ2v) is 5.47. The summed E-state index contributed by atoms with van der Waals surface area (Å²) in [6.07, 6.45) is 0. The van der Waals surface area contributed by atoms with Crippen LogP contribution in [0.2, 0.25) is 0 Å². The van der Waals surface area contributed by atoms with E-state index in [1.54, 1.807) is 19.2 Å². The Bertz CT molecular complexity index is 584. The number of hydrogen-bond donors (Lipinski definition) is 2. The van der Waals surface area contributed by atoms with Gasteiger partial charge in [-0.2, -0.15) is 0 Å². The van der Waals surface area contributed by atoms with Crippen LogP contribution in [0.3, 0.4) is 0 Å². The van der Waals surface area contributed by atoms with Crippen molar-refractivity contribution in [3.63, 3.8) is 0 Å². The number of phenolic OH excluding ortho intramolecular Hbond substituents is 1. The molecule has 0 amide bonds. The minimum absolute atomic E-state index is 0.273. The summed E-state index contributed by atoms with van der Waals surface area (Å²) < 4.78 is 6.38. The fraction of sp³-hybridized carbons (Fsp3) is 0.200. The fourth-order valence-electron chi connectivity index (χ4n) is 1.73. The molecule has 0 saturated carbocycles. The number of methoxy groups -OCH3 is 1. The van der Waals surface area contributed by atoms with E-state index in [0.717, 1.165) is 17.0 Å². The van der Waals surface area contributed by atoms with Crippen LogP contribution in [0, 0.1) is 10.5 Å². The van der Waals surface area contributed by atoms with E-state index in [-0.39, 0.29) is 5.75 Å². The van der Waals surface area contributed by atoms with Gasteiger partial charge in [0.1, 0.15) is 11.5 Å². The number of ether oxygens (including phenoxy) is 1. The molecule has 0 aliphatic heterocycles. The average molecular weight is 369 g/mol. The summed E-state index contributed by atoms with van der Waals surface area (Å²) in [5, 5.41) is 13.1. The quantitative estimate of drug-likeness (QED) is 0.803. The first-order chi connectivity index (χ1) is 9.10. The summed E-state index contributed by atoms with van der Waals surface area (Å²) in [6.45, 7) is 2.64. The highest BCUT2D eigenvalue weighted by molar-refractivity contribution is 14.1. The first kappa shape index (κ1) is 14.0. The van der Waals surface area contributed by atoms with Crippen LogP contribution in [0.1, 0.15) is 11.1 Å². The van der Waals surface area contributed by atoms with Gasteiger partial charge in [-0.15, -0.1) is 0 Å². The molecule has 2 rings (SSSR count). The second kappa shape index (κ2) is 6.14. The lowest BCUT2D eigenvalue weighted by atomic mass is 10.1. The van der Waals surface area contributed by atoms with Crippen LogP contribution in [0.5, 0.6) is 11.5 Å². The summed E-state index contributed by atoms with van der Waals surface area (Å²) in [5.74, 6) is 1.02. The van der Waals surface area contributed by atoms with Gasteiger partial charge in [0.2, 0.25) is 0 Å². The highest BCUT2D eigenvalue weighted by atomic mass is 127. The fourth-order valence-corrected chi connectivity index (χ4v) is 2.25. The van der Waals surface area contributed by atoms with Gasteiger partial charge in [0.15, 0.2) is 0 Å². The number of benzene rings is 2. The highest BCUT2D eigenvalue weighted by Crippen LogP contribution is 2.24. The third-order valence-electron chi connectivity index (χ3n) is 2.94. The van der Waals surface area contributed by atoms with Gasteiger partial charge in [-0.3, -0.25) is 0 Å². The van der Waals surface area contributed by atoms with Crippen molar-refractivity contribution in [2.24, 2.45) is 0 Å². The number of aryl methyl sites for hydroxylation is 1. The normalized spacial score (nSPS) is 10.3. The van der Waals surface area contributed by atoms with Crippen LogP contribution in [0.25, 0.3) is 0 Å². The Morgan fingerprint density at radius 1 is 1.21 bits per heavy atom. The Labute approximate surface area is 126 Å². The molecule has 0 radical (unpaired) electrons. The Balaban J connectivity index is 2.11. The van der Waals surface area contributed by atoms with Gasteiger partial charge in [0.25, 0.3) is 0 Å². The first-order valence-corrected chi connectivity index (χ1v) is 7.04. The summed E-state index contributed by atoms with van der Waals surface area (Å²) in [5.41, 5.74) is 3.11. The highest BCUT2D eigenvalue weighted by Gasteiger charge is 2.04. The van der Waals surface area contributed by atoms with Gasteiger partial charge in [0, 0.05) is 21.4 Å². The lowest BCUT2D eigenvalue weighted by Gasteiger charge is -2.10. The number of rotatable bonds is 4. The Morgan fingerprint density at radius 3 is 2.68 bits per heavy atom. The van der Waals surface area contributed by atoms with E-state index >= 15 is 0 Å². The SMILES string of the molecule is COc1ccc(O)c(CNc2ccc(C)c(I)c2)c1. The molecule has 0 spiro atoms. The van der Waals surface area contributed by atoms with Gasteiger partial charge in [0.05, 0.1) is 7.11 Å². The van der Waals surface area contributed by atoms with E-state index in [0.29, 0.717) is 6.54 Å². The lowest BCUT2D eigenvalue weighted by molar-refractivity contribution is 0.411. The second-order valence-electron chi connectivity index (χ2n) is 4.31. The van der Waals surface area contributed by atoms with E-state index < -0.39 is 0 Å². The molecule has 0 unspecified atom stereocenters. The molecule has 2 aromatic rings. The van der Waals surface area contributed by atoms with Crippen molar-refractivity contribution in [2.45, 2.75) is 13.5 Å². The average Bonchev–Trinajstić information content (AvgIpc) is 2.41. The maximum absolute atomic E-state index is 9.81. The molecule has 0 aromatic heterocycles. The number of hydrogen-bond acceptors (Lipinski definition) is 3. The zero-order chi connectivity index (χ0) is 13.8. The Morgan fingerprint density at radius 2 is 2.00 bits per heavy atom. The standard InChI is InChI=1S/C15H16INO2/c1-10-3-4-12(8-14(10)16)17-9-11-7-13(19-2)5-6-15(11)18/h3-8,17-18H,9H2,1-2H3. The van der Waals surface area contributed by atoms with E-state index in [2.05, 4.69) is 47.0 Å². The van der Waals surface area contributed by atoms with Crippen molar-refractivity contribution in [3.8, 4) is 11.5 Å². The van der Waals surface area contributed by atoms with Crippen LogP contribution >= 0.6 is 22.6 Å². The molecule has 0 heterocycles. The summed E-state index contributed by atoms with van der Waals surface area (Å²) >= 11 is 2.31. The van der Waals surface area contributed by atoms with E-state index in [1.807, 2.05) is 12.1 Å². The number of anilines is 1. The molecule has 19 heavy (non-hydrogen) atoms. The molecule has 2 N–H and O–H groups in total. The van der Waals surface area contributed by atoms with Crippen LogP contribution in [0.4, 0.5) is 5.69 Å². The molecule has 4 heteroatoms. The zero-order valence-electron chi connectivity index (χ0n) is 10.9. The van der Waals surface area contributed by atoms with E-state index in [4.69, 9.17) is 4.74 Å². The van der Waals surface area contributed by atoms with Crippen molar-refractivity contribution in [1.29, 1.82) is 0 Å². The molecule has 0 fully saturated rings. The molecule has 100 valence electrons. The maximum atomic E-state index is 9.81. The zero-order valence-corrected chi connectivity index (χ0v) is 13.1. The van der Waals surface area contributed by atoms with Gasteiger partial charge in [-0.25, -0.2) is 0 Å². The van der Waals surface area contributed by atoms with Crippen LogP contribution < -0.4 is 10.1 Å². The van der Waals surface area contributed by atoms with Crippen molar-refractivity contribution in [3.05, 3.63) is 51.1 Å². The largest absolute Gasteiger partial charge is 0.508 e. The van der Waals surface area contributed by atoms with E-state index in [1.165, 1.54) is 9.13 Å². The monoisotopic (exact) mass is 369 g/mol. The Hall–Kier alpha value is -1.43. The van der Waals surface area contributed by atoms with Crippen LogP contribution in [-0.4, -0.2) is 12.2 Å². The number of aromatic hydroxyl groups is 1. The van der Waals surface area contributed by atoms with Gasteiger partial charge < -0.3 is 15.2 Å². The Kier molecular flexibility index (Phi) is 4.52. The topological polar surface area (TPSA) is 41.5 Å². The van der Waals surface area contributed by atoms with Gasteiger partial charge in [-0.1, -0.05) is 6.07 Å².